The Labute approximate surface area is 137 Å². The minimum atomic E-state index is -3.68. The lowest BCUT2D eigenvalue weighted by atomic mass is 10.0. The number of hydrogen-bond acceptors (Lipinski definition) is 4. The maximum absolute atomic E-state index is 12.3. The number of hydrogen-bond donors (Lipinski definition) is 3. The van der Waals surface area contributed by atoms with Gasteiger partial charge in [-0.2, -0.15) is 0 Å². The average molecular weight is 340 g/mol. The van der Waals surface area contributed by atoms with E-state index in [-0.39, 0.29) is 29.2 Å². The second kappa shape index (κ2) is 6.59. The third-order valence-electron chi connectivity index (χ3n) is 4.03. The number of benzene rings is 1. The van der Waals surface area contributed by atoms with Crippen molar-refractivity contribution in [3.8, 4) is 0 Å². The zero-order valence-corrected chi connectivity index (χ0v) is 14.5. The molecule has 0 heterocycles. The normalized spacial score (nSPS) is 17.8. The van der Waals surface area contributed by atoms with Crippen molar-refractivity contribution >= 4 is 21.6 Å². The largest absolute Gasteiger partial charge is 0.389 e. The molecule has 0 spiro atoms. The van der Waals surface area contributed by atoms with E-state index in [4.69, 9.17) is 0 Å². The van der Waals surface area contributed by atoms with Gasteiger partial charge >= 0.3 is 0 Å². The molecule has 2 rings (SSSR count). The van der Waals surface area contributed by atoms with Crippen molar-refractivity contribution in [3.63, 3.8) is 0 Å². The molecule has 1 atom stereocenters. The zero-order valence-electron chi connectivity index (χ0n) is 13.7. The van der Waals surface area contributed by atoms with Gasteiger partial charge in [-0.25, -0.2) is 13.1 Å². The molecule has 0 radical (unpaired) electrons. The number of amides is 1. The molecule has 0 aromatic heterocycles. The van der Waals surface area contributed by atoms with Crippen molar-refractivity contribution in [1.82, 2.24) is 4.72 Å². The molecule has 1 aliphatic rings. The van der Waals surface area contributed by atoms with Gasteiger partial charge in [-0.1, -0.05) is 13.8 Å². The lowest BCUT2D eigenvalue weighted by Crippen LogP contribution is -2.42. The van der Waals surface area contributed by atoms with E-state index in [2.05, 4.69) is 10.0 Å². The zero-order chi connectivity index (χ0) is 17.3. The summed E-state index contributed by atoms with van der Waals surface area (Å²) in [5.74, 6) is -0.109. The fourth-order valence-corrected chi connectivity index (χ4v) is 3.32. The Morgan fingerprint density at radius 2 is 1.87 bits per heavy atom. The highest BCUT2D eigenvalue weighted by Crippen LogP contribution is 2.39. The number of carbonyl (C=O) groups is 1. The van der Waals surface area contributed by atoms with Gasteiger partial charge in [-0.05, 0) is 49.9 Å². The van der Waals surface area contributed by atoms with E-state index in [0.29, 0.717) is 5.69 Å². The Bertz CT molecular complexity index is 662. The smallest absolute Gasteiger partial charge is 0.240 e. The molecule has 1 aromatic rings. The molecule has 1 aromatic carbocycles. The first-order valence-electron chi connectivity index (χ1n) is 7.75. The van der Waals surface area contributed by atoms with E-state index in [0.717, 1.165) is 12.8 Å². The molecule has 1 fully saturated rings. The lowest BCUT2D eigenvalue weighted by molar-refractivity contribution is -0.118. The van der Waals surface area contributed by atoms with Gasteiger partial charge in [-0.15, -0.1) is 0 Å². The molecule has 0 bridgehead atoms. The second-order valence-corrected chi connectivity index (χ2v) is 8.39. The van der Waals surface area contributed by atoms with Crippen molar-refractivity contribution in [2.24, 2.45) is 11.8 Å². The number of carbonyl (C=O) groups excluding carboxylic acids is 1. The first kappa shape index (κ1) is 17.9. The molecule has 0 aliphatic heterocycles. The van der Waals surface area contributed by atoms with E-state index in [1.807, 2.05) is 0 Å². The summed E-state index contributed by atoms with van der Waals surface area (Å²) in [4.78, 5) is 11.7. The lowest BCUT2D eigenvalue weighted by Gasteiger charge is -2.23. The van der Waals surface area contributed by atoms with Gasteiger partial charge in [0.1, 0.15) is 0 Å². The first-order valence-corrected chi connectivity index (χ1v) is 9.23. The van der Waals surface area contributed by atoms with Crippen molar-refractivity contribution in [1.29, 1.82) is 0 Å². The van der Waals surface area contributed by atoms with Gasteiger partial charge < -0.3 is 10.4 Å². The van der Waals surface area contributed by atoms with E-state index in [1.54, 1.807) is 32.9 Å². The van der Waals surface area contributed by atoms with Crippen LogP contribution in [0.25, 0.3) is 0 Å². The van der Waals surface area contributed by atoms with Crippen LogP contribution in [-0.2, 0) is 14.8 Å². The average Bonchev–Trinajstić information content (AvgIpc) is 3.31. The Balaban J connectivity index is 2.01. The van der Waals surface area contributed by atoms with E-state index < -0.39 is 15.6 Å². The van der Waals surface area contributed by atoms with E-state index in [9.17, 15) is 18.3 Å². The standard InChI is InChI=1S/C16H24N2O4S/c1-11(2)15(19)18-13-6-8-14(9-7-13)23(21,22)17-10-16(3,20)12-4-5-12/h6-9,11-12,17,20H,4-5,10H2,1-3H3,(H,18,19)/t16-/m0/s1. The molecule has 1 aliphatic carbocycles. The number of anilines is 1. The third kappa shape index (κ3) is 4.76. The summed E-state index contributed by atoms with van der Waals surface area (Å²) in [5.41, 5.74) is -0.467. The second-order valence-electron chi connectivity index (χ2n) is 6.62. The third-order valence-corrected chi connectivity index (χ3v) is 5.45. The van der Waals surface area contributed by atoms with Crippen LogP contribution in [0, 0.1) is 11.8 Å². The summed E-state index contributed by atoms with van der Waals surface area (Å²) in [6.07, 6.45) is 1.86. The van der Waals surface area contributed by atoms with Crippen molar-refractivity contribution in [3.05, 3.63) is 24.3 Å². The Morgan fingerprint density at radius 3 is 2.35 bits per heavy atom. The van der Waals surface area contributed by atoms with Crippen molar-refractivity contribution in [2.75, 3.05) is 11.9 Å². The van der Waals surface area contributed by atoms with Crippen LogP contribution in [0.4, 0.5) is 5.69 Å². The molecule has 1 amide bonds. The molecule has 1 saturated carbocycles. The fourth-order valence-electron chi connectivity index (χ4n) is 2.18. The van der Waals surface area contributed by atoms with E-state index >= 15 is 0 Å². The summed E-state index contributed by atoms with van der Waals surface area (Å²) in [5, 5.41) is 12.9. The number of rotatable bonds is 7. The molecule has 0 saturated heterocycles. The molecule has 128 valence electrons. The van der Waals surface area contributed by atoms with Crippen LogP contribution in [0.5, 0.6) is 0 Å². The summed E-state index contributed by atoms with van der Waals surface area (Å²) < 4.78 is 27.0. The number of sulfonamides is 1. The summed E-state index contributed by atoms with van der Waals surface area (Å²) in [6.45, 7) is 5.21. The van der Waals surface area contributed by atoms with Gasteiger partial charge in [0, 0.05) is 18.2 Å². The van der Waals surface area contributed by atoms with Crippen LogP contribution in [0.3, 0.4) is 0 Å². The van der Waals surface area contributed by atoms with Crippen LogP contribution in [0.2, 0.25) is 0 Å². The predicted molar refractivity (Wildman–Crippen MR) is 88.4 cm³/mol. The highest BCUT2D eigenvalue weighted by atomic mass is 32.2. The minimum Gasteiger partial charge on any atom is -0.389 e. The Morgan fingerprint density at radius 1 is 1.30 bits per heavy atom. The molecule has 23 heavy (non-hydrogen) atoms. The predicted octanol–water partition coefficient (Wildman–Crippen LogP) is 1.72. The van der Waals surface area contributed by atoms with Crippen LogP contribution >= 0.6 is 0 Å². The first-order chi connectivity index (χ1) is 10.6. The maximum Gasteiger partial charge on any atom is 0.240 e. The summed E-state index contributed by atoms with van der Waals surface area (Å²) in [7, 11) is -3.68. The Kier molecular flexibility index (Phi) is 5.13. The molecular weight excluding hydrogens is 316 g/mol. The van der Waals surface area contributed by atoms with Crippen LogP contribution in [0.15, 0.2) is 29.2 Å². The molecule has 6 nitrogen and oxygen atoms in total. The topological polar surface area (TPSA) is 95.5 Å². The van der Waals surface area contributed by atoms with Crippen LogP contribution in [0.1, 0.15) is 33.6 Å². The van der Waals surface area contributed by atoms with Crippen molar-refractivity contribution < 1.29 is 18.3 Å². The Hall–Kier alpha value is -1.44. The highest BCUT2D eigenvalue weighted by molar-refractivity contribution is 7.89. The quantitative estimate of drug-likeness (QED) is 0.704. The van der Waals surface area contributed by atoms with Crippen molar-refractivity contribution in [2.45, 2.75) is 44.1 Å². The monoisotopic (exact) mass is 340 g/mol. The highest BCUT2D eigenvalue weighted by Gasteiger charge is 2.40. The maximum atomic E-state index is 12.3. The van der Waals surface area contributed by atoms with Crippen LogP contribution in [-0.4, -0.2) is 31.6 Å². The van der Waals surface area contributed by atoms with Gasteiger partial charge in [0.05, 0.1) is 10.5 Å². The van der Waals surface area contributed by atoms with Gasteiger partial charge in [0.15, 0.2) is 0 Å². The molecule has 7 heteroatoms. The van der Waals surface area contributed by atoms with Gasteiger partial charge in [0.25, 0.3) is 0 Å². The SMILES string of the molecule is CC(C)C(=O)Nc1ccc(S(=O)(=O)NC[C@](C)(O)C2CC2)cc1. The minimum absolute atomic E-state index is 0.00810. The molecule has 3 N–H and O–H groups in total. The fraction of sp³-hybridized carbons (Fsp3) is 0.562. The van der Waals surface area contributed by atoms with Gasteiger partial charge in [-0.3, -0.25) is 4.79 Å². The van der Waals surface area contributed by atoms with Crippen LogP contribution < -0.4 is 10.0 Å². The number of nitrogens with one attached hydrogen (secondary N) is 2. The van der Waals surface area contributed by atoms with E-state index in [1.165, 1.54) is 12.1 Å². The molecular formula is C16H24N2O4S. The summed E-state index contributed by atoms with van der Waals surface area (Å²) >= 11 is 0. The van der Waals surface area contributed by atoms with Gasteiger partial charge in [0.2, 0.25) is 15.9 Å². The summed E-state index contributed by atoms with van der Waals surface area (Å²) in [6, 6.07) is 5.97. The number of aliphatic hydroxyl groups is 1. The molecule has 0 unspecified atom stereocenters.